The predicted molar refractivity (Wildman–Crippen MR) is 105 cm³/mol. The standard InChI is InChI=1S/C19H29ClN4O3/c1-12-14(16(20)24(6)23-12)9-10-15(25)22-19(5,13-7-8-13)11-21-17(26)27-18(2,3)4/h9-10,13H,7-8,11H2,1-6H3,(H,21,26)(H,22,25)/b10-9+. The van der Waals surface area contributed by atoms with Gasteiger partial charge in [0.2, 0.25) is 5.91 Å². The molecule has 2 N–H and O–H groups in total. The van der Waals surface area contributed by atoms with Crippen molar-refractivity contribution in [1.29, 1.82) is 0 Å². The number of aryl methyl sites for hydroxylation is 2. The number of hydrogen-bond donors (Lipinski definition) is 2. The molecule has 1 heterocycles. The second-order valence-electron chi connectivity index (χ2n) is 8.28. The van der Waals surface area contributed by atoms with Gasteiger partial charge in [0.15, 0.2) is 0 Å². The van der Waals surface area contributed by atoms with Crippen LogP contribution in [0.1, 0.15) is 51.8 Å². The first-order chi connectivity index (χ1) is 12.4. The predicted octanol–water partition coefficient (Wildman–Crippen LogP) is 3.20. The Balaban J connectivity index is 1.99. The van der Waals surface area contributed by atoms with Crippen LogP contribution in [-0.4, -0.2) is 39.5 Å². The molecule has 7 nitrogen and oxygen atoms in total. The highest BCUT2D eigenvalue weighted by Crippen LogP contribution is 2.39. The summed E-state index contributed by atoms with van der Waals surface area (Å²) in [6.45, 7) is 9.51. The summed E-state index contributed by atoms with van der Waals surface area (Å²) in [4.78, 5) is 24.4. The monoisotopic (exact) mass is 396 g/mol. The summed E-state index contributed by atoms with van der Waals surface area (Å²) in [5, 5.41) is 10.5. The number of halogens is 1. The van der Waals surface area contributed by atoms with Crippen LogP contribution in [0.5, 0.6) is 0 Å². The van der Waals surface area contributed by atoms with Crippen molar-refractivity contribution in [3.8, 4) is 0 Å². The van der Waals surface area contributed by atoms with Crippen molar-refractivity contribution in [2.24, 2.45) is 13.0 Å². The molecule has 0 saturated heterocycles. The van der Waals surface area contributed by atoms with Crippen LogP contribution in [0, 0.1) is 12.8 Å². The zero-order chi connectivity index (χ0) is 20.4. The molecular formula is C19H29ClN4O3. The Hall–Kier alpha value is -2.02. The summed E-state index contributed by atoms with van der Waals surface area (Å²) in [6.07, 6.45) is 4.66. The maximum Gasteiger partial charge on any atom is 0.407 e. The summed E-state index contributed by atoms with van der Waals surface area (Å²) in [6, 6.07) is 0. The molecule has 1 aromatic heterocycles. The van der Waals surface area contributed by atoms with Gasteiger partial charge in [-0.2, -0.15) is 5.10 Å². The highest BCUT2D eigenvalue weighted by Gasteiger charge is 2.42. The number of rotatable bonds is 6. The summed E-state index contributed by atoms with van der Waals surface area (Å²) in [5.74, 6) is 0.0863. The van der Waals surface area contributed by atoms with Crippen LogP contribution < -0.4 is 10.6 Å². The lowest BCUT2D eigenvalue weighted by molar-refractivity contribution is -0.118. The second-order valence-corrected chi connectivity index (χ2v) is 8.64. The van der Waals surface area contributed by atoms with Gasteiger partial charge in [0.05, 0.1) is 11.2 Å². The minimum Gasteiger partial charge on any atom is -0.444 e. The van der Waals surface area contributed by atoms with Crippen LogP contribution >= 0.6 is 11.6 Å². The molecule has 0 aliphatic heterocycles. The van der Waals surface area contributed by atoms with E-state index in [9.17, 15) is 9.59 Å². The first-order valence-corrected chi connectivity index (χ1v) is 9.45. The Morgan fingerprint density at radius 3 is 2.44 bits per heavy atom. The molecule has 27 heavy (non-hydrogen) atoms. The third kappa shape index (κ3) is 5.99. The zero-order valence-corrected chi connectivity index (χ0v) is 17.6. The van der Waals surface area contributed by atoms with Gasteiger partial charge in [0.25, 0.3) is 0 Å². The van der Waals surface area contributed by atoms with E-state index in [-0.39, 0.29) is 5.91 Å². The molecule has 1 fully saturated rings. The molecule has 1 aromatic rings. The number of ether oxygens (including phenoxy) is 1. The minimum atomic E-state index is -0.563. The summed E-state index contributed by atoms with van der Waals surface area (Å²) in [7, 11) is 1.75. The Labute approximate surface area is 165 Å². The molecule has 0 bridgehead atoms. The lowest BCUT2D eigenvalue weighted by Crippen LogP contribution is -2.55. The molecule has 2 rings (SSSR count). The summed E-state index contributed by atoms with van der Waals surface area (Å²) >= 11 is 6.18. The Bertz CT molecular complexity index is 747. The van der Waals surface area contributed by atoms with E-state index in [1.807, 2.05) is 34.6 Å². The maximum atomic E-state index is 12.5. The number of nitrogens with one attached hydrogen (secondary N) is 2. The lowest BCUT2D eigenvalue weighted by atomic mass is 9.95. The maximum absolute atomic E-state index is 12.5. The van der Waals surface area contributed by atoms with E-state index in [0.717, 1.165) is 18.5 Å². The van der Waals surface area contributed by atoms with Gasteiger partial charge in [-0.15, -0.1) is 0 Å². The highest BCUT2D eigenvalue weighted by atomic mass is 35.5. The number of carbonyl (C=O) groups excluding carboxylic acids is 2. The fourth-order valence-electron chi connectivity index (χ4n) is 2.90. The fraction of sp³-hybridized carbons (Fsp3) is 0.632. The second kappa shape index (κ2) is 7.92. The molecule has 1 atom stereocenters. The first-order valence-electron chi connectivity index (χ1n) is 9.07. The third-order valence-electron chi connectivity index (χ3n) is 4.48. The molecule has 150 valence electrons. The molecule has 0 spiro atoms. The van der Waals surface area contributed by atoms with Gasteiger partial charge in [0, 0.05) is 25.2 Å². The van der Waals surface area contributed by atoms with Gasteiger partial charge in [-0.25, -0.2) is 4.79 Å². The van der Waals surface area contributed by atoms with Crippen LogP contribution in [-0.2, 0) is 16.6 Å². The number of hydrogen-bond acceptors (Lipinski definition) is 4. The summed E-state index contributed by atoms with van der Waals surface area (Å²) in [5.41, 5.74) is 0.372. The van der Waals surface area contributed by atoms with Gasteiger partial charge >= 0.3 is 6.09 Å². The average Bonchev–Trinajstić information content (AvgIpc) is 3.33. The molecule has 8 heteroatoms. The van der Waals surface area contributed by atoms with Crippen LogP contribution in [0.15, 0.2) is 6.08 Å². The summed E-state index contributed by atoms with van der Waals surface area (Å²) < 4.78 is 6.83. The Kier molecular flexibility index (Phi) is 6.24. The minimum absolute atomic E-state index is 0.241. The number of amides is 2. The van der Waals surface area contributed by atoms with Crippen molar-refractivity contribution < 1.29 is 14.3 Å². The van der Waals surface area contributed by atoms with Crippen molar-refractivity contribution >= 4 is 29.7 Å². The average molecular weight is 397 g/mol. The van der Waals surface area contributed by atoms with Crippen LogP contribution in [0.4, 0.5) is 4.79 Å². The molecule has 1 saturated carbocycles. The van der Waals surface area contributed by atoms with Crippen molar-refractivity contribution in [2.45, 2.75) is 58.6 Å². The largest absolute Gasteiger partial charge is 0.444 e. The topological polar surface area (TPSA) is 85.3 Å². The van der Waals surface area contributed by atoms with Gasteiger partial charge < -0.3 is 15.4 Å². The SMILES string of the molecule is Cc1nn(C)c(Cl)c1/C=C/C(=O)NC(C)(CNC(=O)OC(C)(C)C)C1CC1. The molecular weight excluding hydrogens is 368 g/mol. The van der Waals surface area contributed by atoms with Gasteiger partial charge in [-0.1, -0.05) is 11.6 Å². The lowest BCUT2D eigenvalue weighted by Gasteiger charge is -2.31. The molecule has 1 aliphatic carbocycles. The third-order valence-corrected chi connectivity index (χ3v) is 4.93. The van der Waals surface area contributed by atoms with Crippen molar-refractivity contribution in [3.63, 3.8) is 0 Å². The molecule has 1 unspecified atom stereocenters. The van der Waals surface area contributed by atoms with E-state index >= 15 is 0 Å². The fourth-order valence-corrected chi connectivity index (χ4v) is 3.14. The smallest absolute Gasteiger partial charge is 0.407 e. The van der Waals surface area contributed by atoms with E-state index in [2.05, 4.69) is 15.7 Å². The van der Waals surface area contributed by atoms with Crippen LogP contribution in [0.2, 0.25) is 5.15 Å². The first kappa shape index (κ1) is 21.3. The molecule has 0 aromatic carbocycles. The number of carbonyl (C=O) groups is 2. The van der Waals surface area contributed by atoms with Crippen molar-refractivity contribution in [2.75, 3.05) is 6.54 Å². The van der Waals surface area contributed by atoms with Crippen molar-refractivity contribution in [1.82, 2.24) is 20.4 Å². The van der Waals surface area contributed by atoms with Gasteiger partial charge in [0.1, 0.15) is 10.8 Å². The zero-order valence-electron chi connectivity index (χ0n) is 16.9. The van der Waals surface area contributed by atoms with Crippen LogP contribution in [0.25, 0.3) is 6.08 Å². The quantitative estimate of drug-likeness (QED) is 0.723. The molecule has 1 aliphatic rings. The molecule has 2 amide bonds. The van der Waals surface area contributed by atoms with E-state index in [1.165, 1.54) is 6.08 Å². The van der Waals surface area contributed by atoms with E-state index < -0.39 is 17.2 Å². The van der Waals surface area contributed by atoms with Crippen molar-refractivity contribution in [3.05, 3.63) is 22.5 Å². The Morgan fingerprint density at radius 1 is 1.33 bits per heavy atom. The van der Waals surface area contributed by atoms with Gasteiger partial charge in [-0.05, 0) is 59.5 Å². The highest BCUT2D eigenvalue weighted by molar-refractivity contribution is 6.31. The number of aromatic nitrogens is 2. The van der Waals surface area contributed by atoms with Gasteiger partial charge in [-0.3, -0.25) is 9.48 Å². The normalized spacial score (nSPS) is 16.9. The number of nitrogens with zero attached hydrogens (tertiary/aromatic N) is 2. The molecule has 0 radical (unpaired) electrons. The van der Waals surface area contributed by atoms with E-state index in [1.54, 1.807) is 17.8 Å². The van der Waals surface area contributed by atoms with Crippen LogP contribution in [0.3, 0.4) is 0 Å². The van der Waals surface area contributed by atoms with E-state index in [4.69, 9.17) is 16.3 Å². The number of alkyl carbamates (subject to hydrolysis) is 1. The van der Waals surface area contributed by atoms with E-state index in [0.29, 0.717) is 23.2 Å². The Morgan fingerprint density at radius 2 is 1.96 bits per heavy atom.